The van der Waals surface area contributed by atoms with Gasteiger partial charge < -0.3 is 5.11 Å². The first-order valence-corrected chi connectivity index (χ1v) is 6.09. The van der Waals surface area contributed by atoms with E-state index < -0.39 is 12.0 Å². The van der Waals surface area contributed by atoms with Crippen LogP contribution >= 0.6 is 27.7 Å². The molecule has 1 fully saturated rings. The number of carbonyl (C=O) groups is 1. The minimum absolute atomic E-state index is 0.0690. The minimum Gasteiger partial charge on any atom is -0.480 e. The summed E-state index contributed by atoms with van der Waals surface area (Å²) < 4.78 is 2.29. The predicted octanol–water partition coefficient (Wildman–Crippen LogP) is 0.366. The summed E-state index contributed by atoms with van der Waals surface area (Å²) in [6.07, 6.45) is 0. The van der Waals surface area contributed by atoms with Gasteiger partial charge in [-0.25, -0.2) is 4.68 Å². The van der Waals surface area contributed by atoms with Gasteiger partial charge in [-0.3, -0.25) is 10.1 Å². The second kappa shape index (κ2) is 4.11. The minimum atomic E-state index is -0.823. The van der Waals surface area contributed by atoms with Gasteiger partial charge in [0.25, 0.3) is 0 Å². The number of carboxylic acids is 1. The molecule has 6 nitrogen and oxygen atoms in total. The van der Waals surface area contributed by atoms with Crippen LogP contribution in [0.15, 0.2) is 4.60 Å². The van der Waals surface area contributed by atoms with Gasteiger partial charge in [-0.15, -0.1) is 16.9 Å². The molecule has 0 radical (unpaired) electrons. The van der Waals surface area contributed by atoms with Crippen molar-refractivity contribution in [1.29, 1.82) is 0 Å². The Hall–Kier alpha value is -0.600. The lowest BCUT2D eigenvalue weighted by molar-refractivity contribution is -0.138. The number of nitrogens with one attached hydrogen (secondary N) is 1. The topological polar surface area (TPSA) is 80.0 Å². The van der Waals surface area contributed by atoms with Gasteiger partial charge in [0, 0.05) is 12.8 Å². The summed E-state index contributed by atoms with van der Waals surface area (Å²) in [7, 11) is 1.78. The Morgan fingerprint density at radius 1 is 1.80 bits per heavy atom. The van der Waals surface area contributed by atoms with Crippen molar-refractivity contribution in [3.63, 3.8) is 0 Å². The van der Waals surface area contributed by atoms with E-state index in [2.05, 4.69) is 31.6 Å². The fourth-order valence-corrected chi connectivity index (χ4v) is 3.40. The van der Waals surface area contributed by atoms with E-state index in [1.54, 1.807) is 23.5 Å². The van der Waals surface area contributed by atoms with Crippen molar-refractivity contribution in [3.05, 3.63) is 10.3 Å². The van der Waals surface area contributed by atoms with Gasteiger partial charge in [0.05, 0.1) is 5.37 Å². The summed E-state index contributed by atoms with van der Waals surface area (Å²) in [4.78, 5) is 10.8. The number of thioether (sulfide) groups is 1. The lowest BCUT2D eigenvalue weighted by atomic mass is 10.3. The molecular weight excluding hydrogens is 284 g/mol. The normalized spacial score (nSPS) is 25.7. The maximum absolute atomic E-state index is 10.8. The fourth-order valence-electron chi connectivity index (χ4n) is 1.39. The molecule has 0 bridgehead atoms. The van der Waals surface area contributed by atoms with Crippen molar-refractivity contribution in [2.75, 3.05) is 5.75 Å². The zero-order chi connectivity index (χ0) is 11.0. The van der Waals surface area contributed by atoms with Crippen molar-refractivity contribution < 1.29 is 9.90 Å². The summed E-state index contributed by atoms with van der Waals surface area (Å²) in [5.41, 5.74) is 0.865. The summed E-state index contributed by atoms with van der Waals surface area (Å²) in [6.45, 7) is 0. The number of rotatable bonds is 2. The SMILES string of the molecule is Cn1nnc(Br)c1C1N[C@@H](C(=O)O)CS1. The van der Waals surface area contributed by atoms with Crippen LogP contribution in [0.3, 0.4) is 0 Å². The Balaban J connectivity index is 2.17. The van der Waals surface area contributed by atoms with E-state index in [0.29, 0.717) is 10.4 Å². The highest BCUT2D eigenvalue weighted by molar-refractivity contribution is 9.10. The van der Waals surface area contributed by atoms with Crippen LogP contribution in [0.1, 0.15) is 11.1 Å². The summed E-state index contributed by atoms with van der Waals surface area (Å²) >= 11 is 4.83. The summed E-state index contributed by atoms with van der Waals surface area (Å²) in [6, 6.07) is -0.498. The Bertz CT molecular complexity index is 377. The Morgan fingerprint density at radius 2 is 2.53 bits per heavy atom. The first-order valence-electron chi connectivity index (χ1n) is 4.25. The third-order valence-corrected chi connectivity index (χ3v) is 3.94. The number of aryl methyl sites for hydroxylation is 1. The maximum Gasteiger partial charge on any atom is 0.321 e. The molecule has 2 atom stereocenters. The van der Waals surface area contributed by atoms with Crippen LogP contribution < -0.4 is 5.32 Å². The van der Waals surface area contributed by atoms with Crippen LogP contribution in [0, 0.1) is 0 Å². The number of hydrogen-bond donors (Lipinski definition) is 2. The molecule has 1 aliphatic heterocycles. The maximum atomic E-state index is 10.8. The molecule has 0 aliphatic carbocycles. The van der Waals surface area contributed by atoms with Crippen molar-refractivity contribution >= 4 is 33.7 Å². The first kappa shape index (κ1) is 10.9. The Labute approximate surface area is 98.5 Å². The van der Waals surface area contributed by atoms with Crippen LogP contribution in [0.25, 0.3) is 0 Å². The molecule has 1 aromatic rings. The van der Waals surface area contributed by atoms with Crippen LogP contribution in [0.4, 0.5) is 0 Å². The highest BCUT2D eigenvalue weighted by Gasteiger charge is 2.33. The summed E-state index contributed by atoms with van der Waals surface area (Å²) in [5.74, 6) is -0.270. The standard InChI is InChI=1S/C7H9BrN4O2S/c1-12-4(5(8)10-11-12)6-9-3(2-15-6)7(13)14/h3,6,9H,2H2,1H3,(H,13,14)/t3-,6?/m1/s1. The number of hydrogen-bond acceptors (Lipinski definition) is 5. The smallest absolute Gasteiger partial charge is 0.321 e. The molecule has 2 heterocycles. The van der Waals surface area contributed by atoms with Gasteiger partial charge in [-0.2, -0.15) is 0 Å². The lowest BCUT2D eigenvalue weighted by Gasteiger charge is -2.10. The highest BCUT2D eigenvalue weighted by Crippen LogP contribution is 2.35. The van der Waals surface area contributed by atoms with E-state index in [0.717, 1.165) is 5.69 Å². The molecule has 15 heavy (non-hydrogen) atoms. The van der Waals surface area contributed by atoms with Crippen LogP contribution in [0.2, 0.25) is 0 Å². The third kappa shape index (κ3) is 2.01. The largest absolute Gasteiger partial charge is 0.480 e. The first-order chi connectivity index (χ1) is 7.09. The van der Waals surface area contributed by atoms with Crippen molar-refractivity contribution in [2.24, 2.45) is 7.05 Å². The predicted molar refractivity (Wildman–Crippen MR) is 58.5 cm³/mol. The molecule has 8 heteroatoms. The molecule has 0 amide bonds. The van der Waals surface area contributed by atoms with Gasteiger partial charge in [0.15, 0.2) is 4.60 Å². The van der Waals surface area contributed by atoms with E-state index in [1.165, 1.54) is 0 Å². The molecule has 1 saturated heterocycles. The zero-order valence-corrected chi connectivity index (χ0v) is 10.2. The molecule has 0 saturated carbocycles. The number of carboxylic acid groups (broad SMARTS) is 1. The van der Waals surface area contributed by atoms with Crippen LogP contribution in [0.5, 0.6) is 0 Å². The van der Waals surface area contributed by atoms with Gasteiger partial charge in [0.1, 0.15) is 11.7 Å². The molecule has 2 N–H and O–H groups in total. The zero-order valence-electron chi connectivity index (χ0n) is 7.85. The monoisotopic (exact) mass is 292 g/mol. The molecule has 1 aliphatic rings. The molecule has 82 valence electrons. The van der Waals surface area contributed by atoms with Gasteiger partial charge in [-0.05, 0) is 15.9 Å². The van der Waals surface area contributed by atoms with Gasteiger partial charge in [-0.1, -0.05) is 5.21 Å². The van der Waals surface area contributed by atoms with E-state index >= 15 is 0 Å². The van der Waals surface area contributed by atoms with E-state index in [9.17, 15) is 4.79 Å². The van der Waals surface area contributed by atoms with E-state index in [1.807, 2.05) is 0 Å². The molecular formula is C7H9BrN4O2S. The third-order valence-electron chi connectivity index (χ3n) is 2.16. The fraction of sp³-hybridized carbons (Fsp3) is 0.571. The number of halogens is 1. The number of nitrogens with zero attached hydrogens (tertiary/aromatic N) is 3. The van der Waals surface area contributed by atoms with E-state index in [4.69, 9.17) is 5.11 Å². The van der Waals surface area contributed by atoms with Crippen molar-refractivity contribution in [1.82, 2.24) is 20.3 Å². The second-order valence-corrected chi connectivity index (χ2v) is 5.05. The van der Waals surface area contributed by atoms with Gasteiger partial charge >= 0.3 is 5.97 Å². The van der Waals surface area contributed by atoms with E-state index in [-0.39, 0.29) is 5.37 Å². The molecule has 0 aromatic carbocycles. The number of aliphatic carboxylic acids is 1. The molecule has 2 rings (SSSR count). The van der Waals surface area contributed by atoms with Crippen molar-refractivity contribution in [3.8, 4) is 0 Å². The number of aromatic nitrogens is 3. The Morgan fingerprint density at radius 3 is 3.00 bits per heavy atom. The highest BCUT2D eigenvalue weighted by atomic mass is 79.9. The van der Waals surface area contributed by atoms with Crippen molar-refractivity contribution in [2.45, 2.75) is 11.4 Å². The molecule has 1 unspecified atom stereocenters. The Kier molecular flexibility index (Phi) is 2.98. The van der Waals surface area contributed by atoms with Crippen LogP contribution in [-0.2, 0) is 11.8 Å². The molecule has 1 aromatic heterocycles. The average molecular weight is 293 g/mol. The summed E-state index contributed by atoms with van der Waals surface area (Å²) in [5, 5.41) is 19.5. The average Bonchev–Trinajstić information content (AvgIpc) is 2.73. The molecule has 0 spiro atoms. The second-order valence-electron chi connectivity index (χ2n) is 3.16. The lowest BCUT2D eigenvalue weighted by Crippen LogP contribution is -2.34. The van der Waals surface area contributed by atoms with Crippen LogP contribution in [-0.4, -0.2) is 37.9 Å². The van der Waals surface area contributed by atoms with Gasteiger partial charge in [0.2, 0.25) is 0 Å². The quantitative estimate of drug-likeness (QED) is 0.820.